The average Bonchev–Trinajstić information content (AvgIpc) is 2.64. The molecule has 2 aromatic carbocycles. The van der Waals surface area contributed by atoms with E-state index in [2.05, 4.69) is 11.4 Å². The van der Waals surface area contributed by atoms with Crippen LogP contribution in [0, 0.1) is 5.41 Å². The first-order chi connectivity index (χ1) is 12.5. The Morgan fingerprint density at radius 3 is 2.65 bits per heavy atom. The van der Waals surface area contributed by atoms with Crippen LogP contribution in [0.2, 0.25) is 0 Å². The molecule has 1 saturated heterocycles. The van der Waals surface area contributed by atoms with Crippen molar-refractivity contribution in [2.45, 2.75) is 19.8 Å². The van der Waals surface area contributed by atoms with Crippen LogP contribution in [0.4, 0.5) is 10.5 Å². The van der Waals surface area contributed by atoms with Gasteiger partial charge in [-0.1, -0.05) is 37.3 Å². The van der Waals surface area contributed by atoms with Crippen molar-refractivity contribution in [1.82, 2.24) is 10.2 Å². The van der Waals surface area contributed by atoms with Gasteiger partial charge in [-0.3, -0.25) is 19.8 Å². The fraction of sp³-hybridized carbons (Fsp3) is 0.350. The molecule has 1 atom stereocenters. The van der Waals surface area contributed by atoms with Gasteiger partial charge >= 0.3 is 6.03 Å². The summed E-state index contributed by atoms with van der Waals surface area (Å²) in [4.78, 5) is 41.3. The Bertz CT molecular complexity index is 939. The number of fused-ring (bicyclic) bond motifs is 3. The fourth-order valence-corrected chi connectivity index (χ4v) is 4.17. The highest BCUT2D eigenvalue weighted by Gasteiger charge is 2.56. The zero-order valence-corrected chi connectivity index (χ0v) is 14.9. The first-order valence-electron chi connectivity index (χ1n) is 8.87. The van der Waals surface area contributed by atoms with E-state index in [9.17, 15) is 14.4 Å². The van der Waals surface area contributed by atoms with Gasteiger partial charge in [0.1, 0.15) is 5.41 Å². The van der Waals surface area contributed by atoms with Crippen molar-refractivity contribution < 1.29 is 14.4 Å². The number of urea groups is 1. The number of imide groups is 2. The summed E-state index contributed by atoms with van der Waals surface area (Å²) in [5.74, 6) is -0.885. The Morgan fingerprint density at radius 1 is 1.12 bits per heavy atom. The number of nitrogens with zero attached hydrogens (tertiary/aromatic N) is 2. The van der Waals surface area contributed by atoms with E-state index in [1.807, 2.05) is 49.2 Å². The molecule has 2 aliphatic heterocycles. The van der Waals surface area contributed by atoms with Crippen LogP contribution in [0.3, 0.4) is 0 Å². The number of hydrogen-bond acceptors (Lipinski definition) is 4. The van der Waals surface area contributed by atoms with Crippen LogP contribution < -0.4 is 10.2 Å². The Kier molecular flexibility index (Phi) is 3.72. The van der Waals surface area contributed by atoms with Crippen molar-refractivity contribution in [3.8, 4) is 0 Å². The number of carbonyl (C=O) groups excluding carboxylic acids is 3. The molecule has 1 spiro atoms. The number of nitrogens with one attached hydrogen (secondary N) is 1. The lowest BCUT2D eigenvalue weighted by molar-refractivity contribution is -0.151. The molecule has 6 nitrogen and oxygen atoms in total. The van der Waals surface area contributed by atoms with Crippen LogP contribution in [-0.2, 0) is 16.0 Å². The molecule has 6 heteroatoms. The molecule has 2 aliphatic rings. The second-order valence-electron chi connectivity index (χ2n) is 7.12. The number of barbiturate groups is 1. The topological polar surface area (TPSA) is 69.7 Å². The van der Waals surface area contributed by atoms with Gasteiger partial charge in [0.15, 0.2) is 0 Å². The van der Waals surface area contributed by atoms with Gasteiger partial charge in [0.2, 0.25) is 11.8 Å². The van der Waals surface area contributed by atoms with Crippen molar-refractivity contribution >= 4 is 34.3 Å². The number of anilines is 1. The average molecular weight is 351 g/mol. The number of carbonyl (C=O) groups is 3. The predicted molar refractivity (Wildman–Crippen MR) is 98.9 cm³/mol. The summed E-state index contributed by atoms with van der Waals surface area (Å²) in [6.07, 6.45) is 0.949. The standard InChI is InChI=1S/C20H21N3O3/c1-3-10-23-18(25)20(17(24)21-19(23)26)11-15-14-7-5-4-6-13(14)8-9-16(15)22(2)12-20/h4-9H,3,10-12H2,1-2H3,(H,21,24,26)/t20-/m1/s1. The van der Waals surface area contributed by atoms with Gasteiger partial charge in [-0.25, -0.2) is 4.79 Å². The third-order valence-electron chi connectivity index (χ3n) is 5.41. The third kappa shape index (κ3) is 2.21. The summed E-state index contributed by atoms with van der Waals surface area (Å²) in [6, 6.07) is 11.4. The highest BCUT2D eigenvalue weighted by atomic mass is 16.2. The number of benzene rings is 2. The first kappa shape index (κ1) is 16.6. The van der Waals surface area contributed by atoms with Crippen LogP contribution in [0.1, 0.15) is 18.9 Å². The van der Waals surface area contributed by atoms with Crippen molar-refractivity contribution in [1.29, 1.82) is 0 Å². The van der Waals surface area contributed by atoms with Gasteiger partial charge in [0.25, 0.3) is 0 Å². The molecule has 4 amide bonds. The minimum Gasteiger partial charge on any atom is -0.373 e. The summed E-state index contributed by atoms with van der Waals surface area (Å²) in [7, 11) is 1.88. The third-order valence-corrected chi connectivity index (χ3v) is 5.41. The monoisotopic (exact) mass is 351 g/mol. The number of hydrogen-bond donors (Lipinski definition) is 1. The van der Waals surface area contributed by atoms with E-state index in [1.165, 1.54) is 4.90 Å². The molecule has 1 fully saturated rings. The highest BCUT2D eigenvalue weighted by Crippen LogP contribution is 2.42. The van der Waals surface area contributed by atoms with E-state index in [4.69, 9.17) is 0 Å². The molecule has 2 aromatic rings. The molecular weight excluding hydrogens is 330 g/mol. The van der Waals surface area contributed by atoms with Crippen LogP contribution in [0.15, 0.2) is 36.4 Å². The summed E-state index contributed by atoms with van der Waals surface area (Å²) in [5, 5.41) is 4.51. The van der Waals surface area contributed by atoms with E-state index in [0.717, 1.165) is 22.0 Å². The van der Waals surface area contributed by atoms with Gasteiger partial charge in [0.05, 0.1) is 0 Å². The molecular formula is C20H21N3O3. The lowest BCUT2D eigenvalue weighted by atomic mass is 9.73. The van der Waals surface area contributed by atoms with Crippen molar-refractivity contribution in [2.24, 2.45) is 5.41 Å². The smallest absolute Gasteiger partial charge is 0.330 e. The largest absolute Gasteiger partial charge is 0.373 e. The zero-order chi connectivity index (χ0) is 18.5. The molecule has 0 unspecified atom stereocenters. The van der Waals surface area contributed by atoms with E-state index in [1.54, 1.807) is 0 Å². The van der Waals surface area contributed by atoms with Gasteiger partial charge < -0.3 is 4.90 Å². The van der Waals surface area contributed by atoms with E-state index < -0.39 is 23.3 Å². The van der Waals surface area contributed by atoms with Crippen LogP contribution in [0.5, 0.6) is 0 Å². The van der Waals surface area contributed by atoms with Crippen molar-refractivity contribution in [2.75, 3.05) is 25.0 Å². The van der Waals surface area contributed by atoms with Crippen LogP contribution in [0.25, 0.3) is 10.8 Å². The summed E-state index contributed by atoms with van der Waals surface area (Å²) < 4.78 is 0. The van der Waals surface area contributed by atoms with Crippen LogP contribution >= 0.6 is 0 Å². The molecule has 0 aromatic heterocycles. The van der Waals surface area contributed by atoms with E-state index in [0.29, 0.717) is 19.4 Å². The quantitative estimate of drug-likeness (QED) is 0.843. The van der Waals surface area contributed by atoms with Gasteiger partial charge in [0, 0.05) is 32.2 Å². The number of amides is 4. The molecule has 0 aliphatic carbocycles. The van der Waals surface area contributed by atoms with Gasteiger partial charge in [-0.2, -0.15) is 0 Å². The molecule has 2 heterocycles. The Hall–Kier alpha value is -2.89. The lowest BCUT2D eigenvalue weighted by Gasteiger charge is -2.45. The molecule has 134 valence electrons. The predicted octanol–water partition coefficient (Wildman–Crippen LogP) is 2.31. The summed E-state index contributed by atoms with van der Waals surface area (Å²) >= 11 is 0. The zero-order valence-electron chi connectivity index (χ0n) is 14.9. The Labute approximate surface area is 151 Å². The second-order valence-corrected chi connectivity index (χ2v) is 7.12. The Morgan fingerprint density at radius 2 is 1.88 bits per heavy atom. The minimum atomic E-state index is -1.27. The Balaban J connectivity index is 1.86. The fourth-order valence-electron chi connectivity index (χ4n) is 4.17. The second kappa shape index (κ2) is 5.83. The molecule has 1 N–H and O–H groups in total. The van der Waals surface area contributed by atoms with E-state index in [-0.39, 0.29) is 6.54 Å². The van der Waals surface area contributed by atoms with Gasteiger partial charge in [-0.05, 0) is 28.8 Å². The minimum absolute atomic E-state index is 0.260. The maximum atomic E-state index is 13.2. The van der Waals surface area contributed by atoms with E-state index >= 15 is 0 Å². The summed E-state index contributed by atoms with van der Waals surface area (Å²) in [6.45, 7) is 2.47. The maximum Gasteiger partial charge on any atom is 0.330 e. The number of rotatable bonds is 2. The maximum absolute atomic E-state index is 13.2. The van der Waals surface area contributed by atoms with Crippen molar-refractivity contribution in [3.05, 3.63) is 42.0 Å². The molecule has 26 heavy (non-hydrogen) atoms. The highest BCUT2D eigenvalue weighted by molar-refractivity contribution is 6.20. The first-order valence-corrected chi connectivity index (χ1v) is 8.87. The molecule has 0 bridgehead atoms. The van der Waals surface area contributed by atoms with Gasteiger partial charge in [-0.15, -0.1) is 0 Å². The molecule has 4 rings (SSSR count). The normalized spacial score (nSPS) is 22.8. The van der Waals surface area contributed by atoms with Crippen molar-refractivity contribution in [3.63, 3.8) is 0 Å². The van der Waals surface area contributed by atoms with Crippen LogP contribution in [-0.4, -0.2) is 42.9 Å². The summed E-state index contributed by atoms with van der Waals surface area (Å²) in [5.41, 5.74) is 0.731. The lowest BCUT2D eigenvalue weighted by Crippen LogP contribution is -2.68. The SMILES string of the molecule is CCCN1C(=O)NC(=O)[C@]2(Cc3c(ccc4ccccc34)N(C)C2)C1=O. The molecule has 0 radical (unpaired) electrons. The molecule has 0 saturated carbocycles.